The van der Waals surface area contributed by atoms with E-state index >= 15 is 0 Å². The summed E-state index contributed by atoms with van der Waals surface area (Å²) in [5.74, 6) is -0.142. The molecule has 2 N–H and O–H groups in total. The first kappa shape index (κ1) is 15.3. The number of thiophene rings is 2. The molecule has 0 aliphatic carbocycles. The molecule has 1 unspecified atom stereocenters. The van der Waals surface area contributed by atoms with Crippen LogP contribution in [-0.2, 0) is 0 Å². The summed E-state index contributed by atoms with van der Waals surface area (Å²) in [6, 6.07) is 7.30. The van der Waals surface area contributed by atoms with E-state index in [2.05, 4.69) is 5.32 Å². The van der Waals surface area contributed by atoms with E-state index in [1.54, 1.807) is 23.7 Å². The minimum Gasteiger partial charge on any atom is -0.463 e. The monoisotopic (exact) mass is 335 g/mol. The van der Waals surface area contributed by atoms with E-state index in [1.807, 2.05) is 37.4 Å². The van der Waals surface area contributed by atoms with Crippen LogP contribution in [0.2, 0.25) is 0 Å². The number of hydrogen-bond acceptors (Lipinski definition) is 5. The number of carbonyl (C=O) groups excluding carboxylic acids is 1. The third-order valence-corrected chi connectivity index (χ3v) is 5.67. The van der Waals surface area contributed by atoms with Crippen LogP contribution in [0.5, 0.6) is 0 Å². The molecule has 3 aromatic heterocycles. The average Bonchev–Trinajstić information content (AvgIpc) is 3.19. The van der Waals surface area contributed by atoms with Crippen LogP contribution in [0.1, 0.15) is 34.4 Å². The standard InChI is InChI=1S/C16H17NO3S2/c1-16(2,9-18)14(12-4-3-7-21-12)17-15(19)13-8-10-11(22-13)5-6-20-10/h3-8,14,18H,9H2,1-2H3,(H,17,19). The highest BCUT2D eigenvalue weighted by atomic mass is 32.1. The summed E-state index contributed by atoms with van der Waals surface area (Å²) in [4.78, 5) is 14.2. The predicted octanol–water partition coefficient (Wildman–Crippen LogP) is 4.05. The quantitative estimate of drug-likeness (QED) is 0.739. The van der Waals surface area contributed by atoms with Gasteiger partial charge in [0.25, 0.3) is 5.91 Å². The fourth-order valence-electron chi connectivity index (χ4n) is 2.28. The normalized spacial score (nSPS) is 13.4. The first-order valence-electron chi connectivity index (χ1n) is 6.93. The van der Waals surface area contributed by atoms with Crippen molar-refractivity contribution >= 4 is 38.9 Å². The van der Waals surface area contributed by atoms with E-state index in [4.69, 9.17) is 4.42 Å². The highest BCUT2D eigenvalue weighted by Crippen LogP contribution is 2.36. The Kier molecular flexibility index (Phi) is 4.08. The van der Waals surface area contributed by atoms with E-state index < -0.39 is 5.41 Å². The molecule has 1 atom stereocenters. The Morgan fingerprint density at radius 1 is 1.45 bits per heavy atom. The number of amides is 1. The molecule has 0 radical (unpaired) electrons. The lowest BCUT2D eigenvalue weighted by atomic mass is 9.84. The molecular formula is C16H17NO3S2. The number of rotatable bonds is 5. The molecule has 6 heteroatoms. The van der Waals surface area contributed by atoms with Crippen LogP contribution in [-0.4, -0.2) is 17.6 Å². The molecule has 3 rings (SSSR count). The van der Waals surface area contributed by atoms with Crippen molar-refractivity contribution in [3.05, 3.63) is 45.7 Å². The van der Waals surface area contributed by atoms with Gasteiger partial charge in [-0.15, -0.1) is 22.7 Å². The molecule has 3 heterocycles. The smallest absolute Gasteiger partial charge is 0.262 e. The van der Waals surface area contributed by atoms with Gasteiger partial charge in [-0.2, -0.15) is 0 Å². The van der Waals surface area contributed by atoms with E-state index in [1.165, 1.54) is 11.3 Å². The summed E-state index contributed by atoms with van der Waals surface area (Å²) in [6.45, 7) is 3.87. The van der Waals surface area contributed by atoms with Gasteiger partial charge < -0.3 is 14.8 Å². The molecule has 0 spiro atoms. The van der Waals surface area contributed by atoms with Gasteiger partial charge in [0, 0.05) is 16.4 Å². The number of nitrogens with one attached hydrogen (secondary N) is 1. The molecule has 0 aliphatic rings. The van der Waals surface area contributed by atoms with Crippen LogP contribution in [0.4, 0.5) is 0 Å². The van der Waals surface area contributed by atoms with Gasteiger partial charge in [-0.05, 0) is 17.5 Å². The molecule has 0 aromatic carbocycles. The lowest BCUT2D eigenvalue weighted by molar-refractivity contribution is 0.0817. The zero-order valence-electron chi connectivity index (χ0n) is 12.3. The Morgan fingerprint density at radius 2 is 2.27 bits per heavy atom. The number of fused-ring (bicyclic) bond motifs is 1. The summed E-state index contributed by atoms with van der Waals surface area (Å²) in [7, 11) is 0. The molecule has 1 amide bonds. The zero-order valence-corrected chi connectivity index (χ0v) is 14.0. The van der Waals surface area contributed by atoms with Gasteiger partial charge in [0.05, 0.1) is 28.5 Å². The summed E-state index contributed by atoms with van der Waals surface area (Å²) in [6.07, 6.45) is 1.62. The van der Waals surface area contributed by atoms with Gasteiger partial charge >= 0.3 is 0 Å². The number of furan rings is 1. The number of aliphatic hydroxyl groups excluding tert-OH is 1. The van der Waals surface area contributed by atoms with Crippen LogP contribution in [0.25, 0.3) is 10.3 Å². The minimum absolute atomic E-state index is 0.0113. The third kappa shape index (κ3) is 2.82. The van der Waals surface area contributed by atoms with Crippen molar-refractivity contribution in [2.24, 2.45) is 5.41 Å². The maximum Gasteiger partial charge on any atom is 0.262 e. The first-order valence-corrected chi connectivity index (χ1v) is 8.63. The van der Waals surface area contributed by atoms with Crippen LogP contribution in [0.15, 0.2) is 40.3 Å². The second-order valence-corrected chi connectivity index (χ2v) is 7.89. The first-order chi connectivity index (χ1) is 10.5. The molecule has 0 bridgehead atoms. The molecule has 0 aliphatic heterocycles. The number of hydrogen-bond donors (Lipinski definition) is 2. The Morgan fingerprint density at radius 3 is 2.91 bits per heavy atom. The Balaban J connectivity index is 1.86. The molecule has 0 saturated heterocycles. The second-order valence-electron chi connectivity index (χ2n) is 5.83. The van der Waals surface area contributed by atoms with Gasteiger partial charge in [0.2, 0.25) is 0 Å². The largest absolute Gasteiger partial charge is 0.463 e. The molecule has 4 nitrogen and oxygen atoms in total. The predicted molar refractivity (Wildman–Crippen MR) is 89.5 cm³/mol. The van der Waals surface area contributed by atoms with Crippen molar-refractivity contribution in [3.63, 3.8) is 0 Å². The lowest BCUT2D eigenvalue weighted by Gasteiger charge is -2.32. The second kappa shape index (κ2) is 5.87. The molecule has 0 fully saturated rings. The van der Waals surface area contributed by atoms with Crippen molar-refractivity contribution in [1.29, 1.82) is 0 Å². The van der Waals surface area contributed by atoms with Gasteiger partial charge in [-0.1, -0.05) is 19.9 Å². The van der Waals surface area contributed by atoms with E-state index in [9.17, 15) is 9.90 Å². The minimum atomic E-state index is -0.448. The summed E-state index contributed by atoms with van der Waals surface area (Å²) in [5.41, 5.74) is 0.279. The molecule has 116 valence electrons. The zero-order chi connectivity index (χ0) is 15.7. The van der Waals surface area contributed by atoms with Crippen molar-refractivity contribution in [2.45, 2.75) is 19.9 Å². The molecule has 3 aromatic rings. The van der Waals surface area contributed by atoms with Gasteiger partial charge in [0.1, 0.15) is 5.58 Å². The van der Waals surface area contributed by atoms with Crippen molar-refractivity contribution in [1.82, 2.24) is 5.32 Å². The molecular weight excluding hydrogens is 318 g/mol. The van der Waals surface area contributed by atoms with Crippen LogP contribution >= 0.6 is 22.7 Å². The van der Waals surface area contributed by atoms with E-state index in [0.29, 0.717) is 4.88 Å². The fourth-order valence-corrected chi connectivity index (χ4v) is 4.15. The van der Waals surface area contributed by atoms with Crippen molar-refractivity contribution in [2.75, 3.05) is 6.61 Å². The Labute approximate surface area is 136 Å². The van der Waals surface area contributed by atoms with E-state index in [0.717, 1.165) is 15.2 Å². The Hall–Kier alpha value is -1.63. The highest BCUT2D eigenvalue weighted by molar-refractivity contribution is 7.20. The average molecular weight is 335 g/mol. The topological polar surface area (TPSA) is 62.5 Å². The maximum absolute atomic E-state index is 12.6. The van der Waals surface area contributed by atoms with Gasteiger partial charge in [-0.25, -0.2) is 0 Å². The molecule has 22 heavy (non-hydrogen) atoms. The van der Waals surface area contributed by atoms with Crippen LogP contribution in [0, 0.1) is 5.41 Å². The summed E-state index contributed by atoms with van der Waals surface area (Å²) < 4.78 is 6.26. The maximum atomic E-state index is 12.6. The molecule has 0 saturated carbocycles. The Bertz CT molecular complexity index is 742. The number of aliphatic hydroxyl groups is 1. The summed E-state index contributed by atoms with van der Waals surface area (Å²) in [5, 5.41) is 14.7. The third-order valence-electron chi connectivity index (χ3n) is 3.66. The lowest BCUT2D eigenvalue weighted by Crippen LogP contribution is -2.39. The number of carbonyl (C=O) groups is 1. The SMILES string of the molecule is CC(C)(CO)C(NC(=O)c1cc2occc2s1)c1cccs1. The van der Waals surface area contributed by atoms with Crippen LogP contribution in [0.3, 0.4) is 0 Å². The fraction of sp³-hybridized carbons (Fsp3) is 0.312. The van der Waals surface area contributed by atoms with Crippen molar-refractivity contribution in [3.8, 4) is 0 Å². The van der Waals surface area contributed by atoms with Gasteiger partial charge in [-0.3, -0.25) is 4.79 Å². The highest BCUT2D eigenvalue weighted by Gasteiger charge is 2.33. The van der Waals surface area contributed by atoms with Gasteiger partial charge in [0.15, 0.2) is 0 Å². The van der Waals surface area contributed by atoms with E-state index in [-0.39, 0.29) is 18.6 Å². The van der Waals surface area contributed by atoms with Crippen LogP contribution < -0.4 is 5.32 Å². The van der Waals surface area contributed by atoms with Crippen molar-refractivity contribution < 1.29 is 14.3 Å². The summed E-state index contributed by atoms with van der Waals surface area (Å²) >= 11 is 2.98.